The van der Waals surface area contributed by atoms with Crippen LogP contribution in [0.5, 0.6) is 5.75 Å². The highest BCUT2D eigenvalue weighted by molar-refractivity contribution is 7.18. The molecule has 1 aliphatic rings. The molecule has 136 valence electrons. The molecule has 0 radical (unpaired) electrons. The Balaban J connectivity index is 1.46. The zero-order chi connectivity index (χ0) is 18.1. The van der Waals surface area contributed by atoms with E-state index >= 15 is 0 Å². The summed E-state index contributed by atoms with van der Waals surface area (Å²) in [6.45, 7) is 5.57. The fourth-order valence-electron chi connectivity index (χ4n) is 3.58. The Kier molecular flexibility index (Phi) is 4.81. The summed E-state index contributed by atoms with van der Waals surface area (Å²) in [6, 6.07) is 8.04. The Morgan fingerprint density at radius 2 is 2.12 bits per heavy atom. The second-order valence-electron chi connectivity index (χ2n) is 7.29. The maximum absolute atomic E-state index is 12.9. The van der Waals surface area contributed by atoms with Crippen molar-refractivity contribution in [1.82, 2.24) is 9.55 Å². The van der Waals surface area contributed by atoms with Crippen molar-refractivity contribution in [1.29, 1.82) is 0 Å². The van der Waals surface area contributed by atoms with E-state index in [4.69, 9.17) is 4.74 Å². The van der Waals surface area contributed by atoms with E-state index in [2.05, 4.69) is 18.8 Å². The van der Waals surface area contributed by atoms with Crippen LogP contribution < -0.4 is 10.3 Å². The van der Waals surface area contributed by atoms with Crippen LogP contribution in [0.2, 0.25) is 0 Å². The topological polar surface area (TPSA) is 44.1 Å². The lowest BCUT2D eigenvalue weighted by atomic mass is 9.89. The van der Waals surface area contributed by atoms with E-state index in [1.54, 1.807) is 22.2 Å². The summed E-state index contributed by atoms with van der Waals surface area (Å²) in [6.07, 6.45) is 5.73. The van der Waals surface area contributed by atoms with Gasteiger partial charge in [0, 0.05) is 11.4 Å². The summed E-state index contributed by atoms with van der Waals surface area (Å²) in [5.74, 6) is 1.58. The first-order valence-corrected chi connectivity index (χ1v) is 10.1. The summed E-state index contributed by atoms with van der Waals surface area (Å²) in [4.78, 5) is 19.8. The van der Waals surface area contributed by atoms with Gasteiger partial charge in [-0.05, 0) is 56.2 Å². The van der Waals surface area contributed by atoms with Crippen LogP contribution in [0.3, 0.4) is 0 Å². The Morgan fingerprint density at radius 3 is 2.92 bits per heavy atom. The first-order chi connectivity index (χ1) is 12.6. The molecule has 1 atom stereocenters. The lowest BCUT2D eigenvalue weighted by Gasteiger charge is -2.17. The number of rotatable bonds is 5. The summed E-state index contributed by atoms with van der Waals surface area (Å²) in [5.41, 5.74) is 2.58. The number of thiophene rings is 1. The van der Waals surface area contributed by atoms with Crippen molar-refractivity contribution in [2.24, 2.45) is 5.92 Å². The number of hydrogen-bond acceptors (Lipinski definition) is 4. The predicted molar refractivity (Wildman–Crippen MR) is 106 cm³/mol. The van der Waals surface area contributed by atoms with Crippen LogP contribution in [0.25, 0.3) is 10.2 Å². The molecule has 26 heavy (non-hydrogen) atoms. The largest absolute Gasteiger partial charge is 0.494 e. The van der Waals surface area contributed by atoms with Gasteiger partial charge < -0.3 is 4.74 Å². The highest BCUT2D eigenvalue weighted by Crippen LogP contribution is 2.35. The number of benzene rings is 1. The van der Waals surface area contributed by atoms with Gasteiger partial charge in [0.1, 0.15) is 10.6 Å². The van der Waals surface area contributed by atoms with Gasteiger partial charge in [0.2, 0.25) is 0 Å². The molecule has 5 heteroatoms. The fraction of sp³-hybridized carbons (Fsp3) is 0.429. The van der Waals surface area contributed by atoms with E-state index in [0.29, 0.717) is 19.1 Å². The monoisotopic (exact) mass is 368 g/mol. The van der Waals surface area contributed by atoms with Crippen molar-refractivity contribution in [3.8, 4) is 5.75 Å². The van der Waals surface area contributed by atoms with E-state index in [0.717, 1.165) is 41.6 Å². The van der Waals surface area contributed by atoms with E-state index in [1.807, 2.05) is 24.3 Å². The second-order valence-corrected chi connectivity index (χ2v) is 8.37. The summed E-state index contributed by atoms with van der Waals surface area (Å²) in [7, 11) is 0. The van der Waals surface area contributed by atoms with Crippen molar-refractivity contribution in [2.45, 2.75) is 46.1 Å². The smallest absolute Gasteiger partial charge is 0.262 e. The normalized spacial score (nSPS) is 16.6. The molecular formula is C21H24N2O2S. The first-order valence-electron chi connectivity index (χ1n) is 9.31. The number of ether oxygens (including phenoxy) is 1. The van der Waals surface area contributed by atoms with Gasteiger partial charge in [-0.25, -0.2) is 4.98 Å². The average molecular weight is 369 g/mol. The van der Waals surface area contributed by atoms with Gasteiger partial charge in [-0.1, -0.05) is 24.6 Å². The lowest BCUT2D eigenvalue weighted by molar-refractivity contribution is 0.300. The third-order valence-electron chi connectivity index (χ3n) is 5.12. The summed E-state index contributed by atoms with van der Waals surface area (Å²) < 4.78 is 7.51. The fourth-order valence-corrected chi connectivity index (χ4v) is 4.93. The average Bonchev–Trinajstić information content (AvgIpc) is 3.00. The molecule has 0 aliphatic heterocycles. The lowest BCUT2D eigenvalue weighted by Crippen LogP contribution is -2.22. The standard InChI is InChI=1S/C21H24N2O2S/c1-14-4-7-16(8-5-14)25-11-3-10-23-13-22-20-19(21(23)24)17-9-6-15(2)12-18(17)26-20/h4-5,7-8,13,15H,3,6,9-12H2,1-2H3. The van der Waals surface area contributed by atoms with Gasteiger partial charge in [0.05, 0.1) is 18.3 Å². The Labute approximate surface area is 157 Å². The molecule has 0 saturated carbocycles. The number of aryl methyl sites for hydroxylation is 3. The van der Waals surface area contributed by atoms with Crippen molar-refractivity contribution >= 4 is 21.6 Å². The van der Waals surface area contributed by atoms with Gasteiger partial charge in [-0.2, -0.15) is 0 Å². The molecule has 2 aromatic heterocycles. The first kappa shape index (κ1) is 17.3. The molecule has 4 nitrogen and oxygen atoms in total. The van der Waals surface area contributed by atoms with Crippen LogP contribution in [0, 0.1) is 12.8 Å². The highest BCUT2D eigenvalue weighted by atomic mass is 32.1. The Hall–Kier alpha value is -2.14. The molecule has 3 aromatic rings. The molecule has 0 spiro atoms. The molecule has 0 saturated heterocycles. The molecule has 0 N–H and O–H groups in total. The zero-order valence-corrected chi connectivity index (χ0v) is 16.1. The van der Waals surface area contributed by atoms with Crippen LogP contribution >= 0.6 is 11.3 Å². The maximum Gasteiger partial charge on any atom is 0.262 e. The van der Waals surface area contributed by atoms with Crippen molar-refractivity contribution in [3.63, 3.8) is 0 Å². The van der Waals surface area contributed by atoms with Crippen molar-refractivity contribution in [2.75, 3.05) is 6.61 Å². The number of aromatic nitrogens is 2. The minimum Gasteiger partial charge on any atom is -0.494 e. The number of nitrogens with zero attached hydrogens (tertiary/aromatic N) is 2. The molecule has 1 aromatic carbocycles. The molecule has 2 heterocycles. The van der Waals surface area contributed by atoms with Gasteiger partial charge in [-0.3, -0.25) is 9.36 Å². The SMILES string of the molecule is Cc1ccc(OCCCn2cnc3sc4c(c3c2=O)CCC(C)C4)cc1. The number of fused-ring (bicyclic) bond motifs is 3. The van der Waals surface area contributed by atoms with Crippen LogP contribution in [0.15, 0.2) is 35.4 Å². The van der Waals surface area contributed by atoms with Crippen LogP contribution in [0.1, 0.15) is 35.8 Å². The van der Waals surface area contributed by atoms with Gasteiger partial charge >= 0.3 is 0 Å². The van der Waals surface area contributed by atoms with E-state index in [-0.39, 0.29) is 5.56 Å². The quantitative estimate of drug-likeness (QED) is 0.629. The minimum absolute atomic E-state index is 0.109. The second kappa shape index (κ2) is 7.23. The third kappa shape index (κ3) is 3.40. The van der Waals surface area contributed by atoms with Crippen LogP contribution in [-0.2, 0) is 19.4 Å². The molecule has 0 bridgehead atoms. The summed E-state index contributed by atoms with van der Waals surface area (Å²) >= 11 is 1.70. The van der Waals surface area contributed by atoms with E-state index in [9.17, 15) is 4.79 Å². The molecular weight excluding hydrogens is 344 g/mol. The maximum atomic E-state index is 12.9. The van der Waals surface area contributed by atoms with Gasteiger partial charge in [0.25, 0.3) is 5.56 Å². The predicted octanol–water partition coefficient (Wildman–Crippen LogP) is 4.36. The third-order valence-corrected chi connectivity index (χ3v) is 6.28. The summed E-state index contributed by atoms with van der Waals surface area (Å²) in [5, 5.41) is 0.860. The molecule has 0 amide bonds. The Bertz CT molecular complexity index is 972. The zero-order valence-electron chi connectivity index (χ0n) is 15.3. The van der Waals surface area contributed by atoms with Crippen LogP contribution in [0.4, 0.5) is 0 Å². The molecule has 4 rings (SSSR count). The molecule has 1 aliphatic carbocycles. The van der Waals surface area contributed by atoms with E-state index < -0.39 is 0 Å². The van der Waals surface area contributed by atoms with Gasteiger partial charge in [0.15, 0.2) is 0 Å². The van der Waals surface area contributed by atoms with Gasteiger partial charge in [-0.15, -0.1) is 11.3 Å². The number of hydrogen-bond donors (Lipinski definition) is 0. The highest BCUT2D eigenvalue weighted by Gasteiger charge is 2.23. The molecule has 1 unspecified atom stereocenters. The Morgan fingerprint density at radius 1 is 1.31 bits per heavy atom. The molecule has 0 fully saturated rings. The van der Waals surface area contributed by atoms with Crippen molar-refractivity contribution in [3.05, 3.63) is 57.0 Å². The van der Waals surface area contributed by atoms with E-state index in [1.165, 1.54) is 16.0 Å². The van der Waals surface area contributed by atoms with Crippen LogP contribution in [-0.4, -0.2) is 16.2 Å². The van der Waals surface area contributed by atoms with Crippen molar-refractivity contribution < 1.29 is 4.74 Å². The minimum atomic E-state index is 0.109.